The number of fused-ring (bicyclic) bond motifs is 1. The molecule has 0 saturated carbocycles. The number of carboxylic acids is 1. The number of nitrogens with zero attached hydrogens (tertiary/aromatic N) is 1. The number of hydrogen-bond acceptors (Lipinski definition) is 2. The van der Waals surface area contributed by atoms with Crippen molar-refractivity contribution in [1.29, 1.82) is 0 Å². The number of carbonyl (C=O) groups is 1. The highest BCUT2D eigenvalue weighted by atomic mass is 16.5. The van der Waals surface area contributed by atoms with Crippen molar-refractivity contribution in [2.75, 3.05) is 6.61 Å². The smallest absolute Gasteiger partial charge is 0.335 e. The standard InChI is InChI=1S/C15H19NO3/c1-4-6-16-9-10(3)14-12(16)7-11(15(17)18)8-13(14)19-5-2/h7-9H,4-6H2,1-3H3,(H,17,18). The van der Waals surface area contributed by atoms with Gasteiger partial charge >= 0.3 is 5.97 Å². The molecule has 1 aromatic carbocycles. The zero-order valence-electron chi connectivity index (χ0n) is 11.6. The minimum Gasteiger partial charge on any atom is -0.493 e. The van der Waals surface area contributed by atoms with Crippen LogP contribution in [-0.4, -0.2) is 22.2 Å². The average molecular weight is 261 g/mol. The Kier molecular flexibility index (Phi) is 3.79. The highest BCUT2D eigenvalue weighted by molar-refractivity contribution is 5.98. The predicted molar refractivity (Wildman–Crippen MR) is 75.1 cm³/mol. The Labute approximate surface area is 112 Å². The molecule has 0 fully saturated rings. The summed E-state index contributed by atoms with van der Waals surface area (Å²) in [6.07, 6.45) is 3.06. The Morgan fingerprint density at radius 2 is 2.11 bits per heavy atom. The van der Waals surface area contributed by atoms with E-state index in [0.29, 0.717) is 12.4 Å². The summed E-state index contributed by atoms with van der Waals surface area (Å²) < 4.78 is 7.70. The van der Waals surface area contributed by atoms with Crippen molar-refractivity contribution in [2.45, 2.75) is 33.7 Å². The zero-order valence-corrected chi connectivity index (χ0v) is 11.6. The maximum absolute atomic E-state index is 11.2. The van der Waals surface area contributed by atoms with E-state index < -0.39 is 5.97 Å². The molecule has 0 bridgehead atoms. The van der Waals surface area contributed by atoms with Gasteiger partial charge in [-0.15, -0.1) is 0 Å². The van der Waals surface area contributed by atoms with E-state index >= 15 is 0 Å². The van der Waals surface area contributed by atoms with Gasteiger partial charge in [-0.25, -0.2) is 4.79 Å². The van der Waals surface area contributed by atoms with Crippen LogP contribution in [0.4, 0.5) is 0 Å². The van der Waals surface area contributed by atoms with Gasteiger partial charge in [0, 0.05) is 18.1 Å². The second kappa shape index (κ2) is 5.34. The van der Waals surface area contributed by atoms with Gasteiger partial charge in [0.15, 0.2) is 0 Å². The fraction of sp³-hybridized carbons (Fsp3) is 0.400. The van der Waals surface area contributed by atoms with E-state index in [1.807, 2.05) is 13.8 Å². The summed E-state index contributed by atoms with van der Waals surface area (Å²) in [5.74, 6) is -0.269. The number of benzene rings is 1. The SMILES string of the molecule is CCCn1cc(C)c2c(OCC)cc(C(=O)O)cc21. The third kappa shape index (κ3) is 2.43. The Morgan fingerprint density at radius 1 is 1.37 bits per heavy atom. The predicted octanol–water partition coefficient (Wildman–Crippen LogP) is 3.46. The molecule has 1 heterocycles. The molecule has 0 aliphatic carbocycles. The van der Waals surface area contributed by atoms with Gasteiger partial charge in [-0.3, -0.25) is 0 Å². The van der Waals surface area contributed by atoms with E-state index in [1.165, 1.54) is 0 Å². The molecule has 0 atom stereocenters. The Morgan fingerprint density at radius 3 is 2.68 bits per heavy atom. The van der Waals surface area contributed by atoms with Crippen LogP contribution < -0.4 is 4.74 Å². The molecule has 0 amide bonds. The minimum absolute atomic E-state index is 0.270. The van der Waals surface area contributed by atoms with Crippen molar-refractivity contribution >= 4 is 16.9 Å². The average Bonchev–Trinajstić information content (AvgIpc) is 2.67. The summed E-state index contributed by atoms with van der Waals surface area (Å²) in [6, 6.07) is 3.33. The van der Waals surface area contributed by atoms with Crippen LogP contribution in [0.1, 0.15) is 36.2 Å². The third-order valence-corrected chi connectivity index (χ3v) is 3.15. The minimum atomic E-state index is -0.926. The lowest BCUT2D eigenvalue weighted by Gasteiger charge is -2.09. The van der Waals surface area contributed by atoms with E-state index in [4.69, 9.17) is 4.74 Å². The van der Waals surface area contributed by atoms with E-state index in [1.54, 1.807) is 12.1 Å². The largest absolute Gasteiger partial charge is 0.493 e. The summed E-state index contributed by atoms with van der Waals surface area (Å²) in [5, 5.41) is 10.2. The van der Waals surface area contributed by atoms with Gasteiger partial charge in [-0.1, -0.05) is 6.92 Å². The second-order valence-corrected chi connectivity index (χ2v) is 4.61. The molecule has 0 radical (unpaired) electrons. The van der Waals surface area contributed by atoms with Crippen LogP contribution in [-0.2, 0) is 6.54 Å². The number of hydrogen-bond donors (Lipinski definition) is 1. The highest BCUT2D eigenvalue weighted by Crippen LogP contribution is 2.32. The van der Waals surface area contributed by atoms with E-state index in [9.17, 15) is 9.90 Å². The third-order valence-electron chi connectivity index (χ3n) is 3.15. The van der Waals surface area contributed by atoms with Gasteiger partial charge < -0.3 is 14.4 Å². The first kappa shape index (κ1) is 13.5. The van der Waals surface area contributed by atoms with Crippen LogP contribution in [0.3, 0.4) is 0 Å². The van der Waals surface area contributed by atoms with Crippen molar-refractivity contribution in [3.8, 4) is 5.75 Å². The molecular formula is C15H19NO3. The summed E-state index contributed by atoms with van der Waals surface area (Å²) in [4.78, 5) is 11.2. The van der Waals surface area contributed by atoms with Crippen molar-refractivity contribution in [3.63, 3.8) is 0 Å². The Hall–Kier alpha value is -1.97. The van der Waals surface area contributed by atoms with Gasteiger partial charge in [0.2, 0.25) is 0 Å². The van der Waals surface area contributed by atoms with Gasteiger partial charge in [-0.2, -0.15) is 0 Å². The monoisotopic (exact) mass is 261 g/mol. The molecule has 0 aliphatic heterocycles. The lowest BCUT2D eigenvalue weighted by molar-refractivity contribution is 0.0696. The first-order chi connectivity index (χ1) is 9.08. The van der Waals surface area contributed by atoms with Crippen LogP contribution in [0.5, 0.6) is 5.75 Å². The van der Waals surface area contributed by atoms with Crippen LogP contribution in [0, 0.1) is 6.92 Å². The molecule has 0 unspecified atom stereocenters. The number of carboxylic acid groups (broad SMARTS) is 1. The highest BCUT2D eigenvalue weighted by Gasteiger charge is 2.15. The second-order valence-electron chi connectivity index (χ2n) is 4.61. The maximum Gasteiger partial charge on any atom is 0.335 e. The fourth-order valence-electron chi connectivity index (χ4n) is 2.41. The lowest BCUT2D eigenvalue weighted by Crippen LogP contribution is -2.01. The number of aromatic carboxylic acids is 1. The Bertz CT molecular complexity index is 613. The van der Waals surface area contributed by atoms with E-state index in [-0.39, 0.29) is 5.56 Å². The molecular weight excluding hydrogens is 242 g/mol. The molecule has 102 valence electrons. The molecule has 0 aliphatic rings. The summed E-state index contributed by atoms with van der Waals surface area (Å²) >= 11 is 0. The molecule has 19 heavy (non-hydrogen) atoms. The van der Waals surface area contributed by atoms with Crippen LogP contribution in [0.15, 0.2) is 18.3 Å². The van der Waals surface area contributed by atoms with E-state index in [2.05, 4.69) is 17.7 Å². The first-order valence-electron chi connectivity index (χ1n) is 6.58. The van der Waals surface area contributed by atoms with Crippen molar-refractivity contribution in [2.24, 2.45) is 0 Å². The number of ether oxygens (including phenoxy) is 1. The summed E-state index contributed by atoms with van der Waals surface area (Å²) in [7, 11) is 0. The zero-order chi connectivity index (χ0) is 14.0. The van der Waals surface area contributed by atoms with E-state index in [0.717, 1.165) is 29.4 Å². The van der Waals surface area contributed by atoms with Crippen LogP contribution in [0.25, 0.3) is 10.9 Å². The first-order valence-corrected chi connectivity index (χ1v) is 6.58. The molecule has 1 N–H and O–H groups in total. The molecule has 0 spiro atoms. The van der Waals surface area contributed by atoms with Gasteiger partial charge in [0.1, 0.15) is 5.75 Å². The molecule has 1 aromatic heterocycles. The normalized spacial score (nSPS) is 10.9. The van der Waals surface area contributed by atoms with Crippen LogP contribution >= 0.6 is 0 Å². The maximum atomic E-state index is 11.2. The topological polar surface area (TPSA) is 51.5 Å². The number of rotatable bonds is 5. The molecule has 2 aromatic rings. The summed E-state index contributed by atoms with van der Waals surface area (Å²) in [5.41, 5.74) is 2.32. The molecule has 2 rings (SSSR count). The summed E-state index contributed by atoms with van der Waals surface area (Å²) in [6.45, 7) is 7.43. The van der Waals surface area contributed by atoms with Crippen molar-refractivity contribution in [1.82, 2.24) is 4.57 Å². The quantitative estimate of drug-likeness (QED) is 0.896. The van der Waals surface area contributed by atoms with Gasteiger partial charge in [-0.05, 0) is 38.0 Å². The molecule has 0 saturated heterocycles. The number of aryl methyl sites for hydroxylation is 2. The molecule has 4 heteroatoms. The molecule has 4 nitrogen and oxygen atoms in total. The lowest BCUT2D eigenvalue weighted by atomic mass is 10.1. The number of aromatic nitrogens is 1. The van der Waals surface area contributed by atoms with Crippen molar-refractivity contribution < 1.29 is 14.6 Å². The van der Waals surface area contributed by atoms with Crippen LogP contribution in [0.2, 0.25) is 0 Å². The fourth-order valence-corrected chi connectivity index (χ4v) is 2.41. The van der Waals surface area contributed by atoms with Crippen molar-refractivity contribution in [3.05, 3.63) is 29.5 Å². The van der Waals surface area contributed by atoms with Gasteiger partial charge in [0.05, 0.1) is 17.7 Å². The van der Waals surface area contributed by atoms with Gasteiger partial charge in [0.25, 0.3) is 0 Å². The Balaban J connectivity index is 2.72.